The zero-order chi connectivity index (χ0) is 10.4. The van der Waals surface area contributed by atoms with Crippen molar-refractivity contribution >= 4 is 21.9 Å². The van der Waals surface area contributed by atoms with Crippen LogP contribution >= 0.6 is 0 Å². The van der Waals surface area contributed by atoms with E-state index in [0.717, 1.165) is 21.9 Å². The molecule has 2 heterocycles. The largest absolute Gasteiger partial charge is 0.508 e. The third kappa shape index (κ3) is 1.08. The summed E-state index contributed by atoms with van der Waals surface area (Å²) in [5.41, 5.74) is 2.70. The number of aromatic nitrogens is 3. The molecule has 0 amide bonds. The van der Waals surface area contributed by atoms with Crippen molar-refractivity contribution in [2.75, 3.05) is 0 Å². The van der Waals surface area contributed by atoms with Gasteiger partial charge in [-0.1, -0.05) is 0 Å². The van der Waals surface area contributed by atoms with E-state index in [1.807, 2.05) is 17.7 Å². The van der Waals surface area contributed by atoms with Gasteiger partial charge in [-0.3, -0.25) is 4.98 Å². The molecule has 0 aliphatic heterocycles. The average Bonchev–Trinajstić information content (AvgIpc) is 2.60. The third-order valence-corrected chi connectivity index (χ3v) is 2.53. The number of fused-ring (bicyclic) bond motifs is 3. The Bertz CT molecular complexity index is 657. The normalized spacial score (nSPS) is 11.3. The molecule has 2 aromatic heterocycles. The molecule has 0 aliphatic carbocycles. The van der Waals surface area contributed by atoms with Gasteiger partial charge in [-0.05, 0) is 12.1 Å². The minimum Gasteiger partial charge on any atom is -0.508 e. The summed E-state index contributed by atoms with van der Waals surface area (Å²) in [5.74, 6) is 0.233. The van der Waals surface area contributed by atoms with E-state index in [-0.39, 0.29) is 5.75 Å². The van der Waals surface area contributed by atoms with Crippen molar-refractivity contribution in [1.29, 1.82) is 0 Å². The van der Waals surface area contributed by atoms with Crippen molar-refractivity contribution in [1.82, 2.24) is 14.5 Å². The zero-order valence-corrected chi connectivity index (χ0v) is 8.18. The van der Waals surface area contributed by atoms with Crippen molar-refractivity contribution in [3.63, 3.8) is 0 Å². The minimum atomic E-state index is 0.233. The summed E-state index contributed by atoms with van der Waals surface area (Å²) in [4.78, 5) is 8.48. The highest BCUT2D eigenvalue weighted by molar-refractivity contribution is 6.02. The van der Waals surface area contributed by atoms with Gasteiger partial charge in [0.25, 0.3) is 0 Å². The predicted molar refractivity (Wildman–Crippen MR) is 57.7 cm³/mol. The Balaban J connectivity index is 2.58. The molecule has 0 unspecified atom stereocenters. The van der Waals surface area contributed by atoms with Crippen molar-refractivity contribution in [2.45, 2.75) is 0 Å². The number of rotatable bonds is 0. The van der Waals surface area contributed by atoms with E-state index in [1.54, 1.807) is 24.7 Å². The smallest absolute Gasteiger partial charge is 0.117 e. The lowest BCUT2D eigenvalue weighted by Gasteiger charge is -2.01. The molecule has 0 saturated heterocycles. The van der Waals surface area contributed by atoms with Gasteiger partial charge in [-0.2, -0.15) is 0 Å². The quantitative estimate of drug-likeness (QED) is 0.601. The van der Waals surface area contributed by atoms with Crippen LogP contribution in [0.15, 0.2) is 30.7 Å². The third-order valence-electron chi connectivity index (χ3n) is 2.53. The van der Waals surface area contributed by atoms with Gasteiger partial charge in [0.05, 0.1) is 23.6 Å². The van der Waals surface area contributed by atoms with E-state index in [0.29, 0.717) is 0 Å². The van der Waals surface area contributed by atoms with Crippen LogP contribution in [-0.4, -0.2) is 19.6 Å². The Morgan fingerprint density at radius 3 is 2.93 bits per heavy atom. The monoisotopic (exact) mass is 199 g/mol. The Kier molecular flexibility index (Phi) is 1.48. The molecular formula is C11H9N3O. The molecule has 74 valence electrons. The van der Waals surface area contributed by atoms with Crippen LogP contribution in [0.3, 0.4) is 0 Å². The van der Waals surface area contributed by atoms with Gasteiger partial charge in [-0.25, -0.2) is 4.98 Å². The first-order valence-electron chi connectivity index (χ1n) is 4.64. The first-order chi connectivity index (χ1) is 7.25. The van der Waals surface area contributed by atoms with Crippen LogP contribution in [-0.2, 0) is 7.05 Å². The molecule has 3 aromatic rings. The molecule has 15 heavy (non-hydrogen) atoms. The Morgan fingerprint density at radius 2 is 2.07 bits per heavy atom. The Labute approximate surface area is 85.8 Å². The number of hydrogen-bond acceptors (Lipinski definition) is 3. The number of imidazole rings is 1. The lowest BCUT2D eigenvalue weighted by Crippen LogP contribution is -1.87. The lowest BCUT2D eigenvalue weighted by molar-refractivity contribution is 0.476. The van der Waals surface area contributed by atoms with Gasteiger partial charge < -0.3 is 9.67 Å². The number of aromatic hydroxyl groups is 1. The van der Waals surface area contributed by atoms with Gasteiger partial charge in [-0.15, -0.1) is 0 Å². The summed E-state index contributed by atoms with van der Waals surface area (Å²) < 4.78 is 1.95. The molecule has 0 radical (unpaired) electrons. The highest BCUT2D eigenvalue weighted by Crippen LogP contribution is 2.24. The molecule has 4 heteroatoms. The van der Waals surface area contributed by atoms with E-state index in [4.69, 9.17) is 0 Å². The topological polar surface area (TPSA) is 50.9 Å². The van der Waals surface area contributed by atoms with Crippen LogP contribution in [0.2, 0.25) is 0 Å². The highest BCUT2D eigenvalue weighted by atomic mass is 16.3. The van der Waals surface area contributed by atoms with Crippen molar-refractivity contribution in [2.24, 2.45) is 7.05 Å². The molecule has 0 spiro atoms. The number of phenols is 1. The maximum absolute atomic E-state index is 9.36. The van der Waals surface area contributed by atoms with Crippen LogP contribution in [0.25, 0.3) is 21.9 Å². The van der Waals surface area contributed by atoms with Gasteiger partial charge in [0, 0.05) is 18.5 Å². The maximum Gasteiger partial charge on any atom is 0.117 e. The molecule has 0 aliphatic rings. The summed E-state index contributed by atoms with van der Waals surface area (Å²) in [6.07, 6.45) is 3.48. The molecule has 0 fully saturated rings. The first-order valence-corrected chi connectivity index (χ1v) is 4.64. The number of hydrogen-bond donors (Lipinski definition) is 1. The second-order valence-electron chi connectivity index (χ2n) is 3.55. The van der Waals surface area contributed by atoms with Crippen molar-refractivity contribution < 1.29 is 5.11 Å². The standard InChI is InChI=1S/C11H9N3O/c1-14-6-13-10-5-12-9-4-7(15)2-3-8(9)11(10)14/h2-6,15H,1H3. The number of aryl methyl sites for hydroxylation is 1. The molecule has 1 N–H and O–H groups in total. The molecule has 1 aromatic carbocycles. The second-order valence-corrected chi connectivity index (χ2v) is 3.55. The Morgan fingerprint density at radius 1 is 1.20 bits per heavy atom. The number of pyridine rings is 1. The molecule has 0 atom stereocenters. The number of benzene rings is 1. The minimum absolute atomic E-state index is 0.233. The zero-order valence-electron chi connectivity index (χ0n) is 8.18. The summed E-state index contributed by atoms with van der Waals surface area (Å²) in [5, 5.41) is 10.4. The predicted octanol–water partition coefficient (Wildman–Crippen LogP) is 1.83. The van der Waals surface area contributed by atoms with Gasteiger partial charge in [0.1, 0.15) is 11.3 Å². The molecule has 0 saturated carbocycles. The molecular weight excluding hydrogens is 190 g/mol. The molecule has 3 rings (SSSR count). The number of nitrogens with zero attached hydrogens (tertiary/aromatic N) is 3. The summed E-state index contributed by atoms with van der Waals surface area (Å²) in [6.45, 7) is 0. The fraction of sp³-hybridized carbons (Fsp3) is 0.0909. The van der Waals surface area contributed by atoms with Gasteiger partial charge in [0.2, 0.25) is 0 Å². The van der Waals surface area contributed by atoms with Crippen LogP contribution in [0, 0.1) is 0 Å². The van der Waals surface area contributed by atoms with Crippen LogP contribution in [0.1, 0.15) is 0 Å². The first kappa shape index (κ1) is 8.23. The van der Waals surface area contributed by atoms with Gasteiger partial charge >= 0.3 is 0 Å². The fourth-order valence-electron chi connectivity index (χ4n) is 1.83. The van der Waals surface area contributed by atoms with Crippen molar-refractivity contribution in [3.8, 4) is 5.75 Å². The molecule has 0 bridgehead atoms. The van der Waals surface area contributed by atoms with Crippen molar-refractivity contribution in [3.05, 3.63) is 30.7 Å². The van der Waals surface area contributed by atoms with E-state index < -0.39 is 0 Å². The fourth-order valence-corrected chi connectivity index (χ4v) is 1.83. The summed E-state index contributed by atoms with van der Waals surface area (Å²) in [7, 11) is 1.95. The summed E-state index contributed by atoms with van der Waals surface area (Å²) in [6, 6.07) is 5.18. The van der Waals surface area contributed by atoms with Crippen LogP contribution < -0.4 is 0 Å². The van der Waals surface area contributed by atoms with E-state index >= 15 is 0 Å². The van der Waals surface area contributed by atoms with Crippen LogP contribution in [0.4, 0.5) is 0 Å². The number of phenolic OH excluding ortho intramolecular Hbond substituents is 1. The van der Waals surface area contributed by atoms with Gasteiger partial charge in [0.15, 0.2) is 0 Å². The Hall–Kier alpha value is -2.10. The molecule has 4 nitrogen and oxygen atoms in total. The van der Waals surface area contributed by atoms with Crippen LogP contribution in [0.5, 0.6) is 5.75 Å². The van der Waals surface area contributed by atoms with E-state index in [1.165, 1.54) is 0 Å². The average molecular weight is 199 g/mol. The maximum atomic E-state index is 9.36. The van der Waals surface area contributed by atoms with E-state index in [9.17, 15) is 5.11 Å². The second kappa shape index (κ2) is 2.70. The SMILES string of the molecule is Cn1cnc2cnc3cc(O)ccc3c21. The highest BCUT2D eigenvalue weighted by Gasteiger charge is 2.06. The lowest BCUT2D eigenvalue weighted by atomic mass is 10.2. The summed E-state index contributed by atoms with van der Waals surface area (Å²) >= 11 is 0. The van der Waals surface area contributed by atoms with E-state index in [2.05, 4.69) is 9.97 Å².